The lowest BCUT2D eigenvalue weighted by molar-refractivity contribution is -0.139. The van der Waals surface area contributed by atoms with Crippen LogP contribution in [0.5, 0.6) is 0 Å². The molecule has 16 heavy (non-hydrogen) atoms. The lowest BCUT2D eigenvalue weighted by Crippen LogP contribution is -2.41. The average Bonchev–Trinajstić information content (AvgIpc) is 2.68. The molecule has 0 saturated heterocycles. The maximum atomic E-state index is 11.0. The van der Waals surface area contributed by atoms with Gasteiger partial charge in [0.05, 0.1) is 0 Å². The van der Waals surface area contributed by atoms with Crippen molar-refractivity contribution >= 4 is 17.7 Å². The Hall–Kier alpha value is -0.220. The minimum atomic E-state index is -0.722. The summed E-state index contributed by atoms with van der Waals surface area (Å²) in [7, 11) is 0. The van der Waals surface area contributed by atoms with E-state index >= 15 is 0 Å². The monoisotopic (exact) mass is 245 g/mol. The fraction of sp³-hybridized carbons (Fsp3) is 0.917. The second kappa shape index (κ2) is 7.17. The summed E-state index contributed by atoms with van der Waals surface area (Å²) in [6, 6.07) is -0.147. The molecule has 0 amide bonds. The third-order valence-electron chi connectivity index (χ3n) is 2.89. The predicted molar refractivity (Wildman–Crippen MR) is 69.0 cm³/mol. The van der Waals surface area contributed by atoms with Crippen molar-refractivity contribution in [3.63, 3.8) is 0 Å². The molecule has 94 valence electrons. The molecule has 0 bridgehead atoms. The number of nitrogens with one attached hydrogen (secondary N) is 1. The van der Waals surface area contributed by atoms with Gasteiger partial charge >= 0.3 is 5.97 Å². The molecule has 1 unspecified atom stereocenters. The van der Waals surface area contributed by atoms with E-state index in [0.717, 1.165) is 17.4 Å². The van der Waals surface area contributed by atoms with Crippen LogP contribution in [0.3, 0.4) is 0 Å². The Kier molecular flexibility index (Phi) is 6.21. The van der Waals surface area contributed by atoms with Crippen LogP contribution in [0.15, 0.2) is 0 Å². The Balaban J connectivity index is 2.18. The minimum absolute atomic E-state index is 0.234. The van der Waals surface area contributed by atoms with Gasteiger partial charge in [-0.05, 0) is 25.0 Å². The molecule has 0 radical (unpaired) electrons. The van der Waals surface area contributed by atoms with Gasteiger partial charge in [0.15, 0.2) is 0 Å². The molecule has 0 heterocycles. The van der Waals surface area contributed by atoms with E-state index in [9.17, 15) is 4.79 Å². The van der Waals surface area contributed by atoms with E-state index in [4.69, 9.17) is 5.11 Å². The summed E-state index contributed by atoms with van der Waals surface area (Å²) in [4.78, 5) is 11.0. The molecule has 1 saturated carbocycles. The minimum Gasteiger partial charge on any atom is -0.480 e. The Bertz CT molecular complexity index is 215. The summed E-state index contributed by atoms with van der Waals surface area (Å²) in [5, 5.41) is 12.9. The van der Waals surface area contributed by atoms with Crippen LogP contribution in [0, 0.1) is 0 Å². The van der Waals surface area contributed by atoms with E-state index in [1.54, 1.807) is 0 Å². The number of hydrogen-bond acceptors (Lipinski definition) is 3. The Labute approximate surface area is 102 Å². The fourth-order valence-corrected chi connectivity index (χ4v) is 3.46. The zero-order chi connectivity index (χ0) is 12.0. The number of carbonyl (C=O) groups is 1. The number of aliphatic carboxylic acids is 1. The number of hydrogen-bond donors (Lipinski definition) is 2. The smallest absolute Gasteiger partial charge is 0.320 e. The number of carboxylic acid groups (broad SMARTS) is 1. The van der Waals surface area contributed by atoms with Crippen molar-refractivity contribution in [3.8, 4) is 0 Å². The zero-order valence-corrected chi connectivity index (χ0v) is 11.1. The number of thioether (sulfide) groups is 1. The molecule has 0 aromatic heterocycles. The second-order valence-corrected chi connectivity index (χ2v) is 6.19. The van der Waals surface area contributed by atoms with E-state index in [2.05, 4.69) is 5.32 Å². The first-order valence-corrected chi connectivity index (χ1v) is 7.25. The van der Waals surface area contributed by atoms with Gasteiger partial charge in [-0.2, -0.15) is 11.8 Å². The third kappa shape index (κ3) is 5.21. The Morgan fingerprint density at radius 1 is 1.44 bits per heavy atom. The maximum Gasteiger partial charge on any atom is 0.320 e. The lowest BCUT2D eigenvalue weighted by Gasteiger charge is -2.17. The van der Waals surface area contributed by atoms with E-state index in [0.29, 0.717) is 0 Å². The molecular weight excluding hydrogens is 222 g/mol. The summed E-state index contributed by atoms with van der Waals surface area (Å²) < 4.78 is 0. The summed E-state index contributed by atoms with van der Waals surface area (Å²) in [6.07, 6.45) is 6.07. The van der Waals surface area contributed by atoms with Gasteiger partial charge in [-0.25, -0.2) is 0 Å². The van der Waals surface area contributed by atoms with E-state index in [1.165, 1.54) is 25.7 Å². The van der Waals surface area contributed by atoms with Crippen molar-refractivity contribution in [2.24, 2.45) is 0 Å². The van der Waals surface area contributed by atoms with Crippen molar-refractivity contribution < 1.29 is 9.90 Å². The van der Waals surface area contributed by atoms with Crippen LogP contribution >= 0.6 is 11.8 Å². The van der Waals surface area contributed by atoms with Crippen LogP contribution in [0.2, 0.25) is 0 Å². The summed E-state index contributed by atoms with van der Waals surface area (Å²) >= 11 is 1.95. The highest BCUT2D eigenvalue weighted by atomic mass is 32.2. The van der Waals surface area contributed by atoms with E-state index in [1.807, 2.05) is 25.6 Å². The van der Waals surface area contributed by atoms with Gasteiger partial charge < -0.3 is 10.4 Å². The topological polar surface area (TPSA) is 49.3 Å². The van der Waals surface area contributed by atoms with Gasteiger partial charge in [-0.15, -0.1) is 0 Å². The fourth-order valence-electron chi connectivity index (χ4n) is 2.09. The molecule has 1 fully saturated rings. The highest BCUT2D eigenvalue weighted by Crippen LogP contribution is 2.29. The first kappa shape index (κ1) is 13.8. The largest absolute Gasteiger partial charge is 0.480 e. The molecule has 1 aliphatic rings. The predicted octanol–water partition coefficient (Wildman–Crippen LogP) is 2.50. The van der Waals surface area contributed by atoms with Crippen LogP contribution in [0.25, 0.3) is 0 Å². The van der Waals surface area contributed by atoms with Gasteiger partial charge in [-0.3, -0.25) is 4.79 Å². The third-order valence-corrected chi connectivity index (χ3v) is 4.31. The van der Waals surface area contributed by atoms with Crippen molar-refractivity contribution in [1.29, 1.82) is 0 Å². The van der Waals surface area contributed by atoms with Gasteiger partial charge in [0, 0.05) is 11.3 Å². The standard InChI is InChI=1S/C12H23NO2S/c1-9(2)13-11(12(14)15)7-8-16-10-5-3-4-6-10/h9-11,13H,3-8H2,1-2H3,(H,14,15). The maximum absolute atomic E-state index is 11.0. The van der Waals surface area contributed by atoms with Gasteiger partial charge in [-0.1, -0.05) is 26.7 Å². The zero-order valence-electron chi connectivity index (χ0n) is 10.2. The van der Waals surface area contributed by atoms with Crippen molar-refractivity contribution in [2.75, 3.05) is 5.75 Å². The highest BCUT2D eigenvalue weighted by molar-refractivity contribution is 7.99. The quantitative estimate of drug-likeness (QED) is 0.723. The van der Waals surface area contributed by atoms with Crippen LogP contribution < -0.4 is 5.32 Å². The van der Waals surface area contributed by atoms with Crippen LogP contribution in [0.1, 0.15) is 46.0 Å². The molecule has 1 atom stereocenters. The van der Waals surface area contributed by atoms with E-state index < -0.39 is 5.97 Å². The highest BCUT2D eigenvalue weighted by Gasteiger charge is 2.20. The molecule has 0 aromatic rings. The van der Waals surface area contributed by atoms with Crippen LogP contribution in [-0.4, -0.2) is 34.2 Å². The van der Waals surface area contributed by atoms with Crippen molar-refractivity contribution in [2.45, 2.75) is 63.3 Å². The van der Waals surface area contributed by atoms with Crippen molar-refractivity contribution in [3.05, 3.63) is 0 Å². The van der Waals surface area contributed by atoms with Gasteiger partial charge in [0.1, 0.15) is 6.04 Å². The van der Waals surface area contributed by atoms with E-state index in [-0.39, 0.29) is 12.1 Å². The van der Waals surface area contributed by atoms with Crippen LogP contribution in [-0.2, 0) is 4.79 Å². The first-order valence-electron chi connectivity index (χ1n) is 6.20. The SMILES string of the molecule is CC(C)NC(CCSC1CCCC1)C(=O)O. The summed E-state index contributed by atoms with van der Waals surface area (Å²) in [5.74, 6) is 0.238. The molecule has 1 aliphatic carbocycles. The molecule has 0 aromatic carbocycles. The number of carboxylic acids is 1. The normalized spacial score (nSPS) is 19.2. The average molecular weight is 245 g/mol. The lowest BCUT2D eigenvalue weighted by atomic mass is 10.2. The molecule has 3 nitrogen and oxygen atoms in total. The Morgan fingerprint density at radius 3 is 2.56 bits per heavy atom. The first-order chi connectivity index (χ1) is 7.59. The number of rotatable bonds is 7. The molecular formula is C12H23NO2S. The molecule has 4 heteroatoms. The molecule has 0 aliphatic heterocycles. The van der Waals surface area contributed by atoms with Gasteiger partial charge in [0.25, 0.3) is 0 Å². The Morgan fingerprint density at radius 2 is 2.06 bits per heavy atom. The summed E-state index contributed by atoms with van der Waals surface area (Å²) in [6.45, 7) is 3.97. The molecule has 2 N–H and O–H groups in total. The molecule has 0 spiro atoms. The second-order valence-electron chi connectivity index (χ2n) is 4.78. The van der Waals surface area contributed by atoms with Gasteiger partial charge in [0.2, 0.25) is 0 Å². The summed E-state index contributed by atoms with van der Waals surface area (Å²) in [5.41, 5.74) is 0. The molecule has 1 rings (SSSR count). The van der Waals surface area contributed by atoms with Crippen LogP contribution in [0.4, 0.5) is 0 Å². The van der Waals surface area contributed by atoms with Crippen molar-refractivity contribution in [1.82, 2.24) is 5.32 Å².